The zero-order valence-electron chi connectivity index (χ0n) is 9.51. The lowest BCUT2D eigenvalue weighted by Crippen LogP contribution is -1.97. The minimum absolute atomic E-state index is 0.409. The maximum Gasteiger partial charge on any atom is 0.210 e. The van der Waals surface area contributed by atoms with E-state index in [1.807, 2.05) is 31.2 Å². The van der Waals surface area contributed by atoms with Gasteiger partial charge in [0.05, 0.1) is 12.3 Å². The summed E-state index contributed by atoms with van der Waals surface area (Å²) in [6.07, 6.45) is 0. The molecule has 0 aliphatic heterocycles. The van der Waals surface area contributed by atoms with Crippen LogP contribution in [-0.2, 0) is 6.54 Å². The van der Waals surface area contributed by atoms with Gasteiger partial charge in [-0.2, -0.15) is 0 Å². The van der Waals surface area contributed by atoms with Crippen LogP contribution in [0.1, 0.15) is 11.9 Å². The van der Waals surface area contributed by atoms with Gasteiger partial charge in [-0.15, -0.1) is 10.2 Å². The van der Waals surface area contributed by atoms with Crippen molar-refractivity contribution in [2.24, 2.45) is 5.73 Å². The first kappa shape index (κ1) is 11.8. The van der Waals surface area contributed by atoms with Crippen molar-refractivity contribution < 1.29 is 4.74 Å². The number of aromatic nitrogens is 2. The molecule has 5 nitrogen and oxygen atoms in total. The van der Waals surface area contributed by atoms with E-state index in [-0.39, 0.29) is 0 Å². The van der Waals surface area contributed by atoms with Gasteiger partial charge in [0.25, 0.3) is 0 Å². The molecule has 0 bridgehead atoms. The Kier molecular flexibility index (Phi) is 3.89. The van der Waals surface area contributed by atoms with E-state index in [1.165, 1.54) is 11.3 Å². The number of nitrogens with one attached hydrogen (secondary N) is 1. The van der Waals surface area contributed by atoms with Crippen LogP contribution in [0.4, 0.5) is 10.8 Å². The third-order valence-electron chi connectivity index (χ3n) is 2.07. The molecule has 0 spiro atoms. The number of benzene rings is 1. The molecule has 0 saturated heterocycles. The van der Waals surface area contributed by atoms with Gasteiger partial charge in [0.2, 0.25) is 5.13 Å². The highest BCUT2D eigenvalue weighted by Gasteiger charge is 2.06. The molecule has 1 aromatic carbocycles. The third kappa shape index (κ3) is 2.92. The van der Waals surface area contributed by atoms with E-state index in [0.29, 0.717) is 13.2 Å². The molecule has 0 radical (unpaired) electrons. The van der Waals surface area contributed by atoms with Gasteiger partial charge in [0.1, 0.15) is 10.8 Å². The first-order chi connectivity index (χ1) is 8.33. The molecule has 0 saturated carbocycles. The van der Waals surface area contributed by atoms with Crippen molar-refractivity contribution in [3.05, 3.63) is 29.3 Å². The Balaban J connectivity index is 2.17. The Morgan fingerprint density at radius 1 is 1.35 bits per heavy atom. The second-order valence-electron chi connectivity index (χ2n) is 3.26. The summed E-state index contributed by atoms with van der Waals surface area (Å²) in [7, 11) is 0. The highest BCUT2D eigenvalue weighted by molar-refractivity contribution is 7.15. The standard InChI is InChI=1S/C11H14N4OS/c1-2-16-9-6-4-3-5-8(9)13-11-15-14-10(7-12)17-11/h3-6H,2,7,12H2,1H3,(H,13,15). The number of nitrogens with two attached hydrogens (primary N) is 1. The van der Waals surface area contributed by atoms with E-state index in [9.17, 15) is 0 Å². The third-order valence-corrected chi connectivity index (χ3v) is 2.93. The number of ether oxygens (including phenoxy) is 1. The molecule has 0 aliphatic carbocycles. The lowest BCUT2D eigenvalue weighted by Gasteiger charge is -2.09. The van der Waals surface area contributed by atoms with Gasteiger partial charge in [-0.05, 0) is 19.1 Å². The van der Waals surface area contributed by atoms with Gasteiger partial charge in [0.15, 0.2) is 0 Å². The molecule has 6 heteroatoms. The van der Waals surface area contributed by atoms with Crippen LogP contribution >= 0.6 is 11.3 Å². The first-order valence-electron chi connectivity index (χ1n) is 5.34. The van der Waals surface area contributed by atoms with Gasteiger partial charge in [0, 0.05) is 6.54 Å². The maximum absolute atomic E-state index is 5.51. The van der Waals surface area contributed by atoms with Crippen molar-refractivity contribution in [3.63, 3.8) is 0 Å². The predicted molar refractivity (Wildman–Crippen MR) is 68.7 cm³/mol. The summed E-state index contributed by atoms with van der Waals surface area (Å²) in [5, 5.41) is 12.7. The summed E-state index contributed by atoms with van der Waals surface area (Å²) < 4.78 is 5.51. The minimum Gasteiger partial charge on any atom is -0.492 e. The number of hydrogen-bond donors (Lipinski definition) is 2. The lowest BCUT2D eigenvalue weighted by molar-refractivity contribution is 0.342. The number of rotatable bonds is 5. The topological polar surface area (TPSA) is 73.1 Å². The number of anilines is 2. The summed E-state index contributed by atoms with van der Waals surface area (Å²) in [6, 6.07) is 7.72. The van der Waals surface area contributed by atoms with Crippen molar-refractivity contribution in [3.8, 4) is 5.75 Å². The fraction of sp³-hybridized carbons (Fsp3) is 0.273. The zero-order chi connectivity index (χ0) is 12.1. The minimum atomic E-state index is 0.409. The Bertz CT molecular complexity index is 486. The van der Waals surface area contributed by atoms with E-state index in [1.54, 1.807) is 0 Å². The van der Waals surface area contributed by atoms with Gasteiger partial charge in [-0.3, -0.25) is 0 Å². The van der Waals surface area contributed by atoms with Crippen LogP contribution in [0.2, 0.25) is 0 Å². The predicted octanol–water partition coefficient (Wildman–Crippen LogP) is 2.14. The molecular weight excluding hydrogens is 236 g/mol. The SMILES string of the molecule is CCOc1ccccc1Nc1nnc(CN)s1. The summed E-state index contributed by atoms with van der Waals surface area (Å²) >= 11 is 1.44. The normalized spacial score (nSPS) is 10.2. The van der Waals surface area contributed by atoms with Crippen LogP contribution in [0, 0.1) is 0 Å². The van der Waals surface area contributed by atoms with Crippen LogP contribution in [0.3, 0.4) is 0 Å². The van der Waals surface area contributed by atoms with Crippen LogP contribution in [0.15, 0.2) is 24.3 Å². The number of para-hydroxylation sites is 2. The van der Waals surface area contributed by atoms with Crippen molar-refractivity contribution >= 4 is 22.2 Å². The van der Waals surface area contributed by atoms with Gasteiger partial charge >= 0.3 is 0 Å². The van der Waals surface area contributed by atoms with Crippen LogP contribution in [-0.4, -0.2) is 16.8 Å². The number of hydrogen-bond acceptors (Lipinski definition) is 6. The molecule has 0 fully saturated rings. The average Bonchev–Trinajstić information content (AvgIpc) is 2.80. The molecule has 1 heterocycles. The van der Waals surface area contributed by atoms with E-state index < -0.39 is 0 Å². The average molecular weight is 250 g/mol. The fourth-order valence-corrected chi connectivity index (χ4v) is 1.98. The lowest BCUT2D eigenvalue weighted by atomic mass is 10.3. The first-order valence-corrected chi connectivity index (χ1v) is 6.16. The Labute approximate surface area is 104 Å². The molecule has 1 aromatic heterocycles. The quantitative estimate of drug-likeness (QED) is 0.850. The summed E-state index contributed by atoms with van der Waals surface area (Å²) in [5.74, 6) is 0.805. The summed E-state index contributed by atoms with van der Waals surface area (Å²) in [4.78, 5) is 0. The van der Waals surface area contributed by atoms with E-state index in [2.05, 4.69) is 15.5 Å². The van der Waals surface area contributed by atoms with Gasteiger partial charge in [-0.1, -0.05) is 23.5 Å². The number of nitrogens with zero attached hydrogens (tertiary/aromatic N) is 2. The molecular formula is C11H14N4OS. The second kappa shape index (κ2) is 5.60. The molecule has 0 amide bonds. The molecule has 3 N–H and O–H groups in total. The molecule has 0 aliphatic rings. The molecule has 0 atom stereocenters. The summed E-state index contributed by atoms with van der Waals surface area (Å²) in [5.41, 5.74) is 6.37. The zero-order valence-corrected chi connectivity index (χ0v) is 10.3. The van der Waals surface area contributed by atoms with Crippen molar-refractivity contribution in [1.82, 2.24) is 10.2 Å². The largest absolute Gasteiger partial charge is 0.492 e. The smallest absolute Gasteiger partial charge is 0.210 e. The van der Waals surface area contributed by atoms with E-state index in [4.69, 9.17) is 10.5 Å². The fourth-order valence-electron chi connectivity index (χ4n) is 1.35. The highest BCUT2D eigenvalue weighted by Crippen LogP contribution is 2.28. The van der Waals surface area contributed by atoms with Gasteiger partial charge in [-0.25, -0.2) is 0 Å². The van der Waals surface area contributed by atoms with Crippen molar-refractivity contribution in [2.45, 2.75) is 13.5 Å². The molecule has 0 unspecified atom stereocenters. The second-order valence-corrected chi connectivity index (χ2v) is 4.32. The monoisotopic (exact) mass is 250 g/mol. The molecule has 90 valence electrons. The van der Waals surface area contributed by atoms with E-state index >= 15 is 0 Å². The Morgan fingerprint density at radius 3 is 2.88 bits per heavy atom. The maximum atomic E-state index is 5.51. The van der Waals surface area contributed by atoms with Crippen LogP contribution in [0.25, 0.3) is 0 Å². The van der Waals surface area contributed by atoms with Crippen LogP contribution in [0.5, 0.6) is 5.75 Å². The Morgan fingerprint density at radius 2 is 2.18 bits per heavy atom. The molecule has 2 rings (SSSR count). The van der Waals surface area contributed by atoms with E-state index in [0.717, 1.165) is 21.6 Å². The summed E-state index contributed by atoms with van der Waals surface area (Å²) in [6.45, 7) is 2.99. The van der Waals surface area contributed by atoms with Crippen molar-refractivity contribution in [1.29, 1.82) is 0 Å². The van der Waals surface area contributed by atoms with Gasteiger partial charge < -0.3 is 15.8 Å². The van der Waals surface area contributed by atoms with Crippen molar-refractivity contribution in [2.75, 3.05) is 11.9 Å². The molecule has 17 heavy (non-hydrogen) atoms. The highest BCUT2D eigenvalue weighted by atomic mass is 32.1. The Hall–Kier alpha value is -1.66. The molecule has 2 aromatic rings. The van der Waals surface area contributed by atoms with Crippen LogP contribution < -0.4 is 15.8 Å².